The Morgan fingerprint density at radius 2 is 1.69 bits per heavy atom. The van der Waals surface area contributed by atoms with Gasteiger partial charge < -0.3 is 10.4 Å². The van der Waals surface area contributed by atoms with Crippen molar-refractivity contribution in [1.29, 1.82) is 0 Å². The van der Waals surface area contributed by atoms with Crippen LogP contribution in [0.4, 0.5) is 0 Å². The lowest BCUT2D eigenvalue weighted by Gasteiger charge is -2.18. The van der Waals surface area contributed by atoms with Gasteiger partial charge in [-0.3, -0.25) is 0 Å². The van der Waals surface area contributed by atoms with E-state index in [1.165, 1.54) is 0 Å². The van der Waals surface area contributed by atoms with E-state index in [0.717, 1.165) is 25.8 Å². The molecule has 2 N–H and O–H groups in total. The van der Waals surface area contributed by atoms with Gasteiger partial charge in [0.25, 0.3) is 0 Å². The summed E-state index contributed by atoms with van der Waals surface area (Å²) in [6, 6.07) is 0.571. The minimum Gasteiger partial charge on any atom is -0.392 e. The summed E-state index contributed by atoms with van der Waals surface area (Å²) in [6.45, 7) is 9.37. The molecule has 0 aromatic heterocycles. The van der Waals surface area contributed by atoms with E-state index in [2.05, 4.69) is 33.0 Å². The maximum Gasteiger partial charge on any atom is 0.0667 e. The van der Waals surface area contributed by atoms with Gasteiger partial charge in [-0.15, -0.1) is 0 Å². The first-order chi connectivity index (χ1) is 6.10. The van der Waals surface area contributed by atoms with Gasteiger partial charge in [-0.1, -0.05) is 27.7 Å². The molecule has 0 bridgehead atoms. The average Bonchev–Trinajstić information content (AvgIpc) is 2.05. The standard InChI is InChI=1S/C11H25NO/c1-5-10(6-2)12-8-11(13)7-9(3)4/h9-13H,5-8H2,1-4H3. The molecule has 0 heterocycles. The summed E-state index contributed by atoms with van der Waals surface area (Å²) in [4.78, 5) is 0. The molecule has 0 spiro atoms. The highest BCUT2D eigenvalue weighted by atomic mass is 16.3. The molecule has 0 aromatic carbocycles. The van der Waals surface area contributed by atoms with Crippen molar-refractivity contribution in [2.45, 2.75) is 59.1 Å². The SMILES string of the molecule is CCC(CC)NCC(O)CC(C)C. The number of rotatable bonds is 7. The highest BCUT2D eigenvalue weighted by Crippen LogP contribution is 2.04. The first-order valence-electron chi connectivity index (χ1n) is 5.51. The number of hydrogen-bond acceptors (Lipinski definition) is 2. The minimum atomic E-state index is -0.180. The Bertz CT molecular complexity index is 111. The molecule has 0 fully saturated rings. The van der Waals surface area contributed by atoms with Gasteiger partial charge in [0.2, 0.25) is 0 Å². The average molecular weight is 187 g/mol. The molecule has 0 amide bonds. The molecule has 13 heavy (non-hydrogen) atoms. The fraction of sp³-hybridized carbons (Fsp3) is 1.00. The molecule has 2 heteroatoms. The van der Waals surface area contributed by atoms with Crippen molar-refractivity contribution in [3.8, 4) is 0 Å². The summed E-state index contributed by atoms with van der Waals surface area (Å²) in [5.41, 5.74) is 0. The molecule has 0 saturated carbocycles. The summed E-state index contributed by atoms with van der Waals surface area (Å²) in [7, 11) is 0. The number of aliphatic hydroxyl groups excluding tert-OH is 1. The summed E-state index contributed by atoms with van der Waals surface area (Å²) in [5.74, 6) is 0.582. The van der Waals surface area contributed by atoms with Crippen molar-refractivity contribution in [2.75, 3.05) is 6.54 Å². The topological polar surface area (TPSA) is 32.3 Å². The third kappa shape index (κ3) is 7.03. The van der Waals surface area contributed by atoms with Crippen LogP contribution in [-0.4, -0.2) is 23.8 Å². The van der Waals surface area contributed by atoms with E-state index in [4.69, 9.17) is 0 Å². The van der Waals surface area contributed by atoms with Gasteiger partial charge in [-0.2, -0.15) is 0 Å². The zero-order chi connectivity index (χ0) is 10.3. The monoisotopic (exact) mass is 187 g/mol. The van der Waals surface area contributed by atoms with Crippen molar-refractivity contribution in [3.05, 3.63) is 0 Å². The van der Waals surface area contributed by atoms with Crippen LogP contribution in [0.2, 0.25) is 0 Å². The maximum atomic E-state index is 9.60. The Morgan fingerprint density at radius 3 is 2.08 bits per heavy atom. The highest BCUT2D eigenvalue weighted by molar-refractivity contribution is 4.67. The third-order valence-electron chi connectivity index (χ3n) is 2.37. The molecule has 0 aliphatic carbocycles. The van der Waals surface area contributed by atoms with E-state index < -0.39 is 0 Å². The van der Waals surface area contributed by atoms with Crippen LogP contribution in [0.25, 0.3) is 0 Å². The third-order valence-corrected chi connectivity index (χ3v) is 2.37. The molecule has 0 saturated heterocycles. The van der Waals surface area contributed by atoms with Gasteiger partial charge in [0.1, 0.15) is 0 Å². The number of aliphatic hydroxyl groups is 1. The molecule has 2 nitrogen and oxygen atoms in total. The normalized spacial score (nSPS) is 14.1. The van der Waals surface area contributed by atoms with Gasteiger partial charge in [0, 0.05) is 12.6 Å². The quantitative estimate of drug-likeness (QED) is 0.640. The van der Waals surface area contributed by atoms with E-state index in [1.807, 2.05) is 0 Å². The van der Waals surface area contributed by atoms with Crippen molar-refractivity contribution in [1.82, 2.24) is 5.32 Å². The van der Waals surface area contributed by atoms with Crippen LogP contribution in [-0.2, 0) is 0 Å². The zero-order valence-corrected chi connectivity index (χ0v) is 9.51. The van der Waals surface area contributed by atoms with Crippen LogP contribution in [0, 0.1) is 5.92 Å². The molecule has 0 aromatic rings. The van der Waals surface area contributed by atoms with Gasteiger partial charge in [-0.25, -0.2) is 0 Å². The van der Waals surface area contributed by atoms with E-state index in [9.17, 15) is 5.11 Å². The second-order valence-corrected chi connectivity index (χ2v) is 4.21. The molecule has 0 aliphatic heterocycles. The van der Waals surface area contributed by atoms with Crippen LogP contribution < -0.4 is 5.32 Å². The molecular weight excluding hydrogens is 162 g/mol. The second-order valence-electron chi connectivity index (χ2n) is 4.21. The molecule has 0 aliphatic rings. The molecule has 80 valence electrons. The number of nitrogens with one attached hydrogen (secondary N) is 1. The maximum absolute atomic E-state index is 9.60. The zero-order valence-electron chi connectivity index (χ0n) is 9.51. The van der Waals surface area contributed by atoms with Crippen LogP contribution in [0.1, 0.15) is 47.0 Å². The lowest BCUT2D eigenvalue weighted by Crippen LogP contribution is -2.35. The van der Waals surface area contributed by atoms with E-state index in [-0.39, 0.29) is 6.10 Å². The summed E-state index contributed by atoms with van der Waals surface area (Å²) < 4.78 is 0. The predicted octanol–water partition coefficient (Wildman–Crippen LogP) is 2.17. The lowest BCUT2D eigenvalue weighted by atomic mass is 10.1. The van der Waals surface area contributed by atoms with Crippen LogP contribution in [0.5, 0.6) is 0 Å². The van der Waals surface area contributed by atoms with E-state index in [0.29, 0.717) is 12.0 Å². The van der Waals surface area contributed by atoms with Crippen molar-refractivity contribution >= 4 is 0 Å². The molecule has 1 unspecified atom stereocenters. The van der Waals surface area contributed by atoms with E-state index >= 15 is 0 Å². The summed E-state index contributed by atoms with van der Waals surface area (Å²) >= 11 is 0. The Balaban J connectivity index is 3.49. The largest absolute Gasteiger partial charge is 0.392 e. The predicted molar refractivity (Wildman–Crippen MR) is 57.8 cm³/mol. The molecule has 0 rings (SSSR count). The van der Waals surface area contributed by atoms with Crippen LogP contribution in [0.15, 0.2) is 0 Å². The Kier molecular flexibility index (Phi) is 7.29. The van der Waals surface area contributed by atoms with Gasteiger partial charge in [0.05, 0.1) is 6.10 Å². The van der Waals surface area contributed by atoms with Crippen LogP contribution in [0.3, 0.4) is 0 Å². The Morgan fingerprint density at radius 1 is 1.15 bits per heavy atom. The highest BCUT2D eigenvalue weighted by Gasteiger charge is 2.08. The van der Waals surface area contributed by atoms with Gasteiger partial charge in [-0.05, 0) is 25.2 Å². The van der Waals surface area contributed by atoms with E-state index in [1.54, 1.807) is 0 Å². The summed E-state index contributed by atoms with van der Waals surface area (Å²) in [5, 5.41) is 13.0. The first-order valence-corrected chi connectivity index (χ1v) is 5.51. The van der Waals surface area contributed by atoms with Crippen molar-refractivity contribution in [3.63, 3.8) is 0 Å². The number of hydrogen-bond donors (Lipinski definition) is 2. The Hall–Kier alpha value is -0.0800. The molecular formula is C11H25NO. The van der Waals surface area contributed by atoms with Gasteiger partial charge in [0.15, 0.2) is 0 Å². The minimum absolute atomic E-state index is 0.180. The molecule has 0 radical (unpaired) electrons. The smallest absolute Gasteiger partial charge is 0.0667 e. The second kappa shape index (κ2) is 7.34. The fourth-order valence-electron chi connectivity index (χ4n) is 1.51. The first kappa shape index (κ1) is 12.9. The van der Waals surface area contributed by atoms with Crippen molar-refractivity contribution < 1.29 is 5.11 Å². The fourth-order valence-corrected chi connectivity index (χ4v) is 1.51. The Labute approximate surface area is 82.7 Å². The molecule has 1 atom stereocenters. The lowest BCUT2D eigenvalue weighted by molar-refractivity contribution is 0.142. The van der Waals surface area contributed by atoms with Crippen molar-refractivity contribution in [2.24, 2.45) is 5.92 Å². The van der Waals surface area contributed by atoms with Gasteiger partial charge >= 0.3 is 0 Å². The van der Waals surface area contributed by atoms with Crippen LogP contribution >= 0.6 is 0 Å². The summed E-state index contributed by atoms with van der Waals surface area (Å²) in [6.07, 6.45) is 3.00.